The van der Waals surface area contributed by atoms with Gasteiger partial charge in [-0.15, -0.1) is 0 Å². The first-order valence-corrected chi connectivity index (χ1v) is 6.43. The predicted molar refractivity (Wildman–Crippen MR) is 70.5 cm³/mol. The number of nitrogens with two attached hydrogens (primary N) is 1. The van der Waals surface area contributed by atoms with Crippen molar-refractivity contribution in [2.75, 3.05) is 5.73 Å². The van der Waals surface area contributed by atoms with Gasteiger partial charge in [0, 0.05) is 10.7 Å². The number of anilines is 1. The van der Waals surface area contributed by atoms with Crippen LogP contribution in [0.3, 0.4) is 0 Å². The highest BCUT2D eigenvalue weighted by molar-refractivity contribution is 9.10. The molecule has 86 valence electrons. The molecule has 0 radical (unpaired) electrons. The fourth-order valence-electron chi connectivity index (χ4n) is 1.81. The first kappa shape index (κ1) is 11.5. The summed E-state index contributed by atoms with van der Waals surface area (Å²) in [5.41, 5.74) is 8.01. The summed E-state index contributed by atoms with van der Waals surface area (Å²) >= 11 is 3.44. The second-order valence-electron chi connectivity index (χ2n) is 3.98. The molecule has 2 aromatic heterocycles. The first-order valence-electron chi connectivity index (χ1n) is 5.64. The Morgan fingerprint density at radius 1 is 1.38 bits per heavy atom. The van der Waals surface area contributed by atoms with Crippen molar-refractivity contribution in [3.05, 3.63) is 28.5 Å². The Hall–Kier alpha value is -1.03. The van der Waals surface area contributed by atoms with Crippen LogP contribution in [0.25, 0.3) is 5.65 Å². The highest BCUT2D eigenvalue weighted by Gasteiger charge is 2.08. The number of pyridine rings is 1. The number of aryl methyl sites for hydroxylation is 1. The second kappa shape index (κ2) is 4.87. The van der Waals surface area contributed by atoms with Crippen molar-refractivity contribution in [1.82, 2.24) is 9.38 Å². The van der Waals surface area contributed by atoms with E-state index in [2.05, 4.69) is 27.8 Å². The lowest BCUT2D eigenvalue weighted by atomic mass is 10.1. The molecule has 0 aliphatic rings. The van der Waals surface area contributed by atoms with Crippen LogP contribution in [0.4, 0.5) is 5.82 Å². The van der Waals surface area contributed by atoms with Gasteiger partial charge in [-0.3, -0.25) is 4.40 Å². The molecule has 2 heterocycles. The molecule has 0 fully saturated rings. The van der Waals surface area contributed by atoms with E-state index in [1.165, 1.54) is 12.8 Å². The number of imidazole rings is 1. The zero-order chi connectivity index (χ0) is 11.5. The number of nitrogen functional groups attached to an aromatic ring is 1. The molecule has 0 bridgehead atoms. The molecule has 3 nitrogen and oxygen atoms in total. The van der Waals surface area contributed by atoms with Crippen LogP contribution in [0.15, 0.2) is 22.8 Å². The Morgan fingerprint density at radius 2 is 2.19 bits per heavy atom. The van der Waals surface area contributed by atoms with Gasteiger partial charge < -0.3 is 5.73 Å². The third-order valence-electron chi connectivity index (χ3n) is 2.71. The summed E-state index contributed by atoms with van der Waals surface area (Å²) in [4.78, 5) is 4.54. The Balaban J connectivity index is 2.29. The molecule has 2 N–H and O–H groups in total. The van der Waals surface area contributed by atoms with E-state index in [9.17, 15) is 0 Å². The summed E-state index contributed by atoms with van der Waals surface area (Å²) in [5.74, 6) is 0.771. The minimum atomic E-state index is 0.771. The van der Waals surface area contributed by atoms with Gasteiger partial charge in [0.2, 0.25) is 0 Å². The van der Waals surface area contributed by atoms with Gasteiger partial charge in [-0.25, -0.2) is 4.98 Å². The van der Waals surface area contributed by atoms with E-state index in [0.717, 1.165) is 34.5 Å². The molecule has 0 aromatic carbocycles. The Bertz CT molecular complexity index is 490. The largest absolute Gasteiger partial charge is 0.383 e. The highest BCUT2D eigenvalue weighted by atomic mass is 79.9. The number of rotatable bonds is 4. The minimum absolute atomic E-state index is 0.771. The predicted octanol–water partition coefficient (Wildman–Crippen LogP) is 3.41. The molecule has 0 unspecified atom stereocenters. The molecule has 16 heavy (non-hydrogen) atoms. The molecule has 0 aliphatic carbocycles. The van der Waals surface area contributed by atoms with Gasteiger partial charge in [-0.05, 0) is 40.9 Å². The zero-order valence-electron chi connectivity index (χ0n) is 9.41. The van der Waals surface area contributed by atoms with Crippen molar-refractivity contribution < 1.29 is 0 Å². The fourth-order valence-corrected chi connectivity index (χ4v) is 2.15. The average Bonchev–Trinajstić information content (AvgIpc) is 2.57. The van der Waals surface area contributed by atoms with Crippen LogP contribution in [-0.2, 0) is 6.42 Å². The number of unbranched alkanes of at least 4 members (excludes halogenated alkanes) is 2. The number of halogens is 1. The molecule has 0 saturated carbocycles. The van der Waals surface area contributed by atoms with Crippen molar-refractivity contribution in [2.24, 2.45) is 0 Å². The van der Waals surface area contributed by atoms with E-state index in [0.29, 0.717) is 0 Å². The second-order valence-corrected chi connectivity index (χ2v) is 4.89. The maximum Gasteiger partial charge on any atom is 0.138 e. The van der Waals surface area contributed by atoms with Crippen LogP contribution < -0.4 is 5.73 Å². The van der Waals surface area contributed by atoms with Crippen LogP contribution in [0.1, 0.15) is 31.9 Å². The van der Waals surface area contributed by atoms with Gasteiger partial charge in [-0.1, -0.05) is 19.8 Å². The number of hydrogen-bond donors (Lipinski definition) is 1. The quantitative estimate of drug-likeness (QED) is 0.873. The molecule has 0 amide bonds. The van der Waals surface area contributed by atoms with Gasteiger partial charge in [-0.2, -0.15) is 0 Å². The molecule has 4 heteroatoms. The van der Waals surface area contributed by atoms with Gasteiger partial charge >= 0.3 is 0 Å². The monoisotopic (exact) mass is 281 g/mol. The van der Waals surface area contributed by atoms with Crippen LogP contribution in [0, 0.1) is 0 Å². The third kappa shape index (κ3) is 2.21. The number of hydrogen-bond acceptors (Lipinski definition) is 2. The summed E-state index contributed by atoms with van der Waals surface area (Å²) < 4.78 is 2.95. The van der Waals surface area contributed by atoms with E-state index in [-0.39, 0.29) is 0 Å². The van der Waals surface area contributed by atoms with Gasteiger partial charge in [0.05, 0.1) is 5.69 Å². The standard InChI is InChI=1S/C12H16BrN3/c1-2-3-4-5-10-12(14)16-8-9(13)6-7-11(16)15-10/h6-8H,2-5,14H2,1H3. The van der Waals surface area contributed by atoms with E-state index in [4.69, 9.17) is 5.73 Å². The first-order chi connectivity index (χ1) is 7.72. The van der Waals surface area contributed by atoms with Gasteiger partial charge in [0.1, 0.15) is 11.5 Å². The highest BCUT2D eigenvalue weighted by Crippen LogP contribution is 2.20. The van der Waals surface area contributed by atoms with E-state index in [1.807, 2.05) is 22.7 Å². The van der Waals surface area contributed by atoms with Crippen LogP contribution in [-0.4, -0.2) is 9.38 Å². The maximum absolute atomic E-state index is 6.07. The Kier molecular flexibility index (Phi) is 3.49. The van der Waals surface area contributed by atoms with Crippen LogP contribution in [0.5, 0.6) is 0 Å². The Labute approximate surface area is 104 Å². The lowest BCUT2D eigenvalue weighted by molar-refractivity contribution is 0.711. The van der Waals surface area contributed by atoms with Crippen molar-refractivity contribution in [3.8, 4) is 0 Å². The molecular weight excluding hydrogens is 266 g/mol. The molecule has 2 aromatic rings. The molecule has 2 rings (SSSR count). The van der Waals surface area contributed by atoms with E-state index in [1.54, 1.807) is 0 Å². The topological polar surface area (TPSA) is 43.3 Å². The molecule has 0 atom stereocenters. The summed E-state index contributed by atoms with van der Waals surface area (Å²) in [7, 11) is 0. The van der Waals surface area contributed by atoms with Crippen molar-refractivity contribution >= 4 is 27.4 Å². The lowest BCUT2D eigenvalue weighted by Crippen LogP contribution is -1.96. The Morgan fingerprint density at radius 3 is 2.94 bits per heavy atom. The average molecular weight is 282 g/mol. The lowest BCUT2D eigenvalue weighted by Gasteiger charge is -1.98. The molecule has 0 spiro atoms. The summed E-state index contributed by atoms with van der Waals surface area (Å²) in [6.07, 6.45) is 6.54. The van der Waals surface area contributed by atoms with Crippen molar-refractivity contribution in [2.45, 2.75) is 32.6 Å². The molecular formula is C12H16BrN3. The van der Waals surface area contributed by atoms with E-state index < -0.39 is 0 Å². The van der Waals surface area contributed by atoms with Gasteiger partial charge in [0.25, 0.3) is 0 Å². The maximum atomic E-state index is 6.07. The number of fused-ring (bicyclic) bond motifs is 1. The summed E-state index contributed by atoms with van der Waals surface area (Å²) in [5, 5.41) is 0. The van der Waals surface area contributed by atoms with E-state index >= 15 is 0 Å². The minimum Gasteiger partial charge on any atom is -0.383 e. The summed E-state index contributed by atoms with van der Waals surface area (Å²) in [6, 6.07) is 3.96. The zero-order valence-corrected chi connectivity index (χ0v) is 11.0. The smallest absolute Gasteiger partial charge is 0.138 e. The fraction of sp³-hybridized carbons (Fsp3) is 0.417. The van der Waals surface area contributed by atoms with Crippen molar-refractivity contribution in [1.29, 1.82) is 0 Å². The van der Waals surface area contributed by atoms with Crippen LogP contribution >= 0.6 is 15.9 Å². The van der Waals surface area contributed by atoms with Crippen molar-refractivity contribution in [3.63, 3.8) is 0 Å². The summed E-state index contributed by atoms with van der Waals surface area (Å²) in [6.45, 7) is 2.20. The number of nitrogens with zero attached hydrogens (tertiary/aromatic N) is 2. The van der Waals surface area contributed by atoms with Crippen LogP contribution in [0.2, 0.25) is 0 Å². The molecule has 0 aliphatic heterocycles. The van der Waals surface area contributed by atoms with Gasteiger partial charge in [0.15, 0.2) is 0 Å². The third-order valence-corrected chi connectivity index (χ3v) is 3.18. The normalized spacial score (nSPS) is 11.1. The number of aromatic nitrogens is 2. The SMILES string of the molecule is CCCCCc1nc2ccc(Br)cn2c1N. The molecule has 0 saturated heterocycles.